The van der Waals surface area contributed by atoms with Crippen LogP contribution in [0.1, 0.15) is 35.1 Å². The van der Waals surface area contributed by atoms with Gasteiger partial charge in [0.15, 0.2) is 0 Å². The number of aryl methyl sites for hydroxylation is 1. The van der Waals surface area contributed by atoms with E-state index >= 15 is 0 Å². The molecule has 1 aromatic carbocycles. The van der Waals surface area contributed by atoms with Crippen molar-refractivity contribution in [1.29, 1.82) is 0 Å². The summed E-state index contributed by atoms with van der Waals surface area (Å²) < 4.78 is 52.0. The Labute approximate surface area is 122 Å². The minimum atomic E-state index is -4.53. The number of aliphatic hydroxyl groups is 1. The minimum Gasteiger partial charge on any atom is -0.388 e. The second-order valence-corrected chi connectivity index (χ2v) is 5.96. The molecule has 0 aliphatic heterocycles. The Morgan fingerprint density at radius 3 is 2.71 bits per heavy atom. The quantitative estimate of drug-likeness (QED) is 0.794. The smallest absolute Gasteiger partial charge is 0.388 e. The standard InChI is InChI=1S/C14H11F4NOS/c15-9-5-4-7(14(16,17)18)6-8(9)13-19-10-2-1-3-11(20)12(10)21-13/h4-6,11,20H,1-3H2. The predicted molar refractivity (Wildman–Crippen MR) is 70.4 cm³/mol. The first kappa shape index (κ1) is 14.5. The number of fused-ring (bicyclic) bond motifs is 1. The molecule has 7 heteroatoms. The molecule has 3 rings (SSSR count). The number of aliphatic hydroxyl groups excluding tert-OH is 1. The van der Waals surface area contributed by atoms with Crippen LogP contribution in [-0.2, 0) is 12.6 Å². The highest BCUT2D eigenvalue weighted by Crippen LogP contribution is 2.40. The van der Waals surface area contributed by atoms with Crippen LogP contribution in [0.2, 0.25) is 0 Å². The van der Waals surface area contributed by atoms with E-state index in [9.17, 15) is 22.7 Å². The summed E-state index contributed by atoms with van der Waals surface area (Å²) in [7, 11) is 0. The summed E-state index contributed by atoms with van der Waals surface area (Å²) in [5, 5.41) is 10.1. The van der Waals surface area contributed by atoms with E-state index in [1.165, 1.54) is 0 Å². The summed E-state index contributed by atoms with van der Waals surface area (Å²) in [5.41, 5.74) is -0.422. The van der Waals surface area contributed by atoms with Crippen molar-refractivity contribution in [3.05, 3.63) is 40.2 Å². The van der Waals surface area contributed by atoms with Crippen LogP contribution in [0.5, 0.6) is 0 Å². The molecule has 1 aliphatic rings. The Bertz CT molecular complexity index is 680. The van der Waals surface area contributed by atoms with Gasteiger partial charge in [-0.3, -0.25) is 0 Å². The highest BCUT2D eigenvalue weighted by atomic mass is 32.1. The van der Waals surface area contributed by atoms with Crippen LogP contribution in [0.15, 0.2) is 18.2 Å². The zero-order valence-electron chi connectivity index (χ0n) is 10.7. The second kappa shape index (κ2) is 5.06. The second-order valence-electron chi connectivity index (χ2n) is 4.93. The topological polar surface area (TPSA) is 33.1 Å². The Morgan fingerprint density at radius 1 is 1.29 bits per heavy atom. The lowest BCUT2D eigenvalue weighted by Crippen LogP contribution is -2.06. The van der Waals surface area contributed by atoms with E-state index in [4.69, 9.17) is 0 Å². The Morgan fingerprint density at radius 2 is 2.05 bits per heavy atom. The van der Waals surface area contributed by atoms with E-state index in [0.29, 0.717) is 29.5 Å². The number of alkyl halides is 3. The third-order valence-electron chi connectivity index (χ3n) is 3.45. The number of rotatable bonds is 1. The number of aromatic nitrogens is 1. The van der Waals surface area contributed by atoms with E-state index in [2.05, 4.69) is 4.98 Å². The summed E-state index contributed by atoms with van der Waals surface area (Å²) in [5.74, 6) is -0.747. The number of nitrogens with zero attached hydrogens (tertiary/aromatic N) is 1. The maximum Gasteiger partial charge on any atom is 0.416 e. The molecule has 0 radical (unpaired) electrons. The first-order valence-corrected chi connectivity index (χ1v) is 7.22. The van der Waals surface area contributed by atoms with Gasteiger partial charge in [0.1, 0.15) is 10.8 Å². The van der Waals surface area contributed by atoms with Crippen LogP contribution in [-0.4, -0.2) is 10.1 Å². The highest BCUT2D eigenvalue weighted by Gasteiger charge is 2.32. The Hall–Kier alpha value is -1.47. The average molecular weight is 317 g/mol. The van der Waals surface area contributed by atoms with Crippen molar-refractivity contribution in [2.45, 2.75) is 31.5 Å². The largest absolute Gasteiger partial charge is 0.416 e. The first-order valence-electron chi connectivity index (χ1n) is 6.41. The molecule has 1 N–H and O–H groups in total. The molecule has 21 heavy (non-hydrogen) atoms. The molecular weight excluding hydrogens is 306 g/mol. The molecule has 0 saturated heterocycles. The zero-order chi connectivity index (χ0) is 15.2. The number of benzene rings is 1. The zero-order valence-corrected chi connectivity index (χ0v) is 11.6. The van der Waals surface area contributed by atoms with Crippen molar-refractivity contribution in [2.24, 2.45) is 0 Å². The molecule has 2 nitrogen and oxygen atoms in total. The van der Waals surface area contributed by atoms with Crippen LogP contribution >= 0.6 is 11.3 Å². The van der Waals surface area contributed by atoms with Crippen LogP contribution < -0.4 is 0 Å². The van der Waals surface area contributed by atoms with Crippen LogP contribution in [0, 0.1) is 5.82 Å². The van der Waals surface area contributed by atoms with Gasteiger partial charge < -0.3 is 5.11 Å². The SMILES string of the molecule is OC1CCCc2nc(-c3cc(C(F)(F)F)ccc3F)sc21. The highest BCUT2D eigenvalue weighted by molar-refractivity contribution is 7.15. The molecule has 0 spiro atoms. The van der Waals surface area contributed by atoms with E-state index in [1.54, 1.807) is 0 Å². The summed E-state index contributed by atoms with van der Waals surface area (Å²) in [6.07, 6.45) is -3.17. The van der Waals surface area contributed by atoms with Crippen molar-refractivity contribution in [2.75, 3.05) is 0 Å². The van der Waals surface area contributed by atoms with E-state index in [1.807, 2.05) is 0 Å². The van der Waals surface area contributed by atoms with Crippen molar-refractivity contribution in [3.8, 4) is 10.6 Å². The molecule has 1 aliphatic carbocycles. The molecule has 112 valence electrons. The van der Waals surface area contributed by atoms with Crippen molar-refractivity contribution in [3.63, 3.8) is 0 Å². The molecular formula is C14H11F4NOS. The fraction of sp³-hybridized carbons (Fsp3) is 0.357. The molecule has 1 atom stereocenters. The van der Waals surface area contributed by atoms with Crippen LogP contribution in [0.25, 0.3) is 10.6 Å². The van der Waals surface area contributed by atoms with Gasteiger partial charge in [0.05, 0.1) is 22.2 Å². The maximum absolute atomic E-state index is 13.8. The van der Waals surface area contributed by atoms with Crippen LogP contribution in [0.4, 0.5) is 17.6 Å². The fourth-order valence-electron chi connectivity index (χ4n) is 2.38. The van der Waals surface area contributed by atoms with Gasteiger partial charge >= 0.3 is 6.18 Å². The van der Waals surface area contributed by atoms with E-state index < -0.39 is 23.7 Å². The Balaban J connectivity index is 2.08. The molecule has 1 unspecified atom stereocenters. The van der Waals surface area contributed by atoms with Gasteiger partial charge in [-0.25, -0.2) is 9.37 Å². The fourth-order valence-corrected chi connectivity index (χ4v) is 3.53. The normalized spacial score (nSPS) is 18.6. The molecule has 0 fully saturated rings. The molecule has 1 aromatic heterocycles. The predicted octanol–water partition coefficient (Wildman–Crippen LogP) is 4.34. The number of hydrogen-bond acceptors (Lipinski definition) is 3. The lowest BCUT2D eigenvalue weighted by Gasteiger charge is -2.14. The number of thiazole rings is 1. The summed E-state index contributed by atoms with van der Waals surface area (Å²) in [6, 6.07) is 2.28. The Kier molecular flexibility index (Phi) is 3.49. The van der Waals surface area contributed by atoms with Crippen molar-refractivity contribution >= 4 is 11.3 Å². The van der Waals surface area contributed by atoms with Gasteiger partial charge in [0.25, 0.3) is 0 Å². The third-order valence-corrected chi connectivity index (χ3v) is 4.68. The number of hydrogen-bond donors (Lipinski definition) is 1. The van der Waals surface area contributed by atoms with Crippen molar-refractivity contribution < 1.29 is 22.7 Å². The number of halogens is 4. The summed E-state index contributed by atoms with van der Waals surface area (Å²) in [4.78, 5) is 4.84. The minimum absolute atomic E-state index is 0.170. The average Bonchev–Trinajstić information content (AvgIpc) is 2.83. The van der Waals surface area contributed by atoms with Crippen molar-refractivity contribution in [1.82, 2.24) is 4.98 Å². The van der Waals surface area contributed by atoms with Gasteiger partial charge in [-0.2, -0.15) is 13.2 Å². The monoisotopic (exact) mass is 317 g/mol. The van der Waals surface area contributed by atoms with Gasteiger partial charge in [-0.05, 0) is 37.5 Å². The van der Waals surface area contributed by atoms with Gasteiger partial charge in [-0.15, -0.1) is 11.3 Å². The third kappa shape index (κ3) is 2.67. The van der Waals surface area contributed by atoms with Gasteiger partial charge in [0.2, 0.25) is 0 Å². The van der Waals surface area contributed by atoms with E-state index in [0.717, 1.165) is 29.9 Å². The maximum atomic E-state index is 13.8. The molecule has 1 heterocycles. The first-order chi connectivity index (χ1) is 9.86. The van der Waals surface area contributed by atoms with Gasteiger partial charge in [-0.1, -0.05) is 0 Å². The lowest BCUT2D eigenvalue weighted by atomic mass is 10.0. The van der Waals surface area contributed by atoms with E-state index in [-0.39, 0.29) is 10.6 Å². The summed E-state index contributed by atoms with van der Waals surface area (Å²) >= 11 is 1.06. The molecule has 0 bridgehead atoms. The lowest BCUT2D eigenvalue weighted by molar-refractivity contribution is -0.137. The van der Waals surface area contributed by atoms with Crippen LogP contribution in [0.3, 0.4) is 0 Å². The molecule has 0 saturated carbocycles. The van der Waals surface area contributed by atoms with Gasteiger partial charge in [0, 0.05) is 5.56 Å². The molecule has 2 aromatic rings. The molecule has 0 amide bonds. The summed E-state index contributed by atoms with van der Waals surface area (Å²) in [6.45, 7) is 0.